The molecular formula is C23H18N6O3. The van der Waals surface area contributed by atoms with E-state index in [0.717, 1.165) is 27.9 Å². The largest absolute Gasteiger partial charge is 0.458 e. The van der Waals surface area contributed by atoms with Crippen molar-refractivity contribution in [2.24, 2.45) is 0 Å². The molecule has 1 aliphatic heterocycles. The monoisotopic (exact) mass is 426 g/mol. The van der Waals surface area contributed by atoms with Crippen molar-refractivity contribution in [3.05, 3.63) is 83.6 Å². The van der Waals surface area contributed by atoms with Crippen LogP contribution in [0.25, 0.3) is 22.6 Å². The van der Waals surface area contributed by atoms with Gasteiger partial charge in [-0.1, -0.05) is 24.3 Å². The molecule has 9 nitrogen and oxygen atoms in total. The highest BCUT2D eigenvalue weighted by molar-refractivity contribution is 5.90. The summed E-state index contributed by atoms with van der Waals surface area (Å²) in [5, 5.41) is 8.99. The van der Waals surface area contributed by atoms with Gasteiger partial charge in [0.15, 0.2) is 0 Å². The Bertz CT molecular complexity index is 1400. The summed E-state index contributed by atoms with van der Waals surface area (Å²) in [5.74, 6) is 0.357. The lowest BCUT2D eigenvalue weighted by molar-refractivity contribution is 0.0632. The standard InChI is InChI=1S/C23H18N6O3/c1-13-6-7-16(24-11-13)21-27-28-22(32-21)23(30)29-9-8-15-19(26-12-25-15)20(29)18-10-14-4-2-3-5-17(14)31-18/h2-7,10-12,20H,8-9H2,1H3,(H,25,26)/t20-/m1/s1. The molecule has 6 rings (SSSR count). The average molecular weight is 426 g/mol. The van der Waals surface area contributed by atoms with E-state index < -0.39 is 6.04 Å². The molecule has 0 saturated heterocycles. The molecule has 32 heavy (non-hydrogen) atoms. The molecule has 5 heterocycles. The number of hydrogen-bond acceptors (Lipinski definition) is 7. The van der Waals surface area contributed by atoms with Crippen LogP contribution in [-0.4, -0.2) is 42.5 Å². The fourth-order valence-corrected chi connectivity index (χ4v) is 4.05. The Hall–Kier alpha value is -4.27. The lowest BCUT2D eigenvalue weighted by Gasteiger charge is -2.32. The van der Waals surface area contributed by atoms with E-state index in [1.807, 2.05) is 43.3 Å². The molecule has 0 unspecified atom stereocenters. The topological polar surface area (TPSA) is 114 Å². The van der Waals surface area contributed by atoms with Crippen molar-refractivity contribution < 1.29 is 13.6 Å². The summed E-state index contributed by atoms with van der Waals surface area (Å²) < 4.78 is 11.8. The number of pyridine rings is 1. The molecule has 158 valence electrons. The van der Waals surface area contributed by atoms with Crippen molar-refractivity contribution in [2.45, 2.75) is 19.4 Å². The maximum atomic E-state index is 13.5. The highest BCUT2D eigenvalue weighted by Gasteiger charge is 2.38. The second-order valence-corrected chi connectivity index (χ2v) is 7.74. The normalized spacial score (nSPS) is 15.8. The first-order valence-electron chi connectivity index (χ1n) is 10.3. The lowest BCUT2D eigenvalue weighted by atomic mass is 10.00. The molecule has 0 spiro atoms. The van der Waals surface area contributed by atoms with E-state index in [1.165, 1.54) is 0 Å². The Labute approximate surface area is 182 Å². The fraction of sp³-hybridized carbons (Fsp3) is 0.174. The van der Waals surface area contributed by atoms with Crippen LogP contribution in [-0.2, 0) is 6.42 Å². The molecule has 0 bridgehead atoms. The zero-order valence-electron chi connectivity index (χ0n) is 17.1. The predicted molar refractivity (Wildman–Crippen MR) is 114 cm³/mol. The van der Waals surface area contributed by atoms with Crippen LogP contribution >= 0.6 is 0 Å². The van der Waals surface area contributed by atoms with Gasteiger partial charge in [0, 0.05) is 30.2 Å². The second kappa shape index (κ2) is 7.16. The minimum Gasteiger partial charge on any atom is -0.458 e. The van der Waals surface area contributed by atoms with Crippen LogP contribution in [0.1, 0.15) is 39.4 Å². The summed E-state index contributed by atoms with van der Waals surface area (Å²) in [6.07, 6.45) is 3.99. The van der Waals surface area contributed by atoms with Gasteiger partial charge in [-0.25, -0.2) is 4.98 Å². The van der Waals surface area contributed by atoms with Crippen LogP contribution in [0, 0.1) is 6.92 Å². The van der Waals surface area contributed by atoms with E-state index in [2.05, 4.69) is 25.1 Å². The third-order valence-electron chi connectivity index (χ3n) is 5.64. The number of benzene rings is 1. The molecule has 0 aliphatic carbocycles. The molecule has 1 aromatic carbocycles. The number of nitrogens with zero attached hydrogens (tertiary/aromatic N) is 5. The van der Waals surface area contributed by atoms with Crippen molar-refractivity contribution in [2.75, 3.05) is 6.54 Å². The van der Waals surface area contributed by atoms with Gasteiger partial charge in [-0.2, -0.15) is 0 Å². The summed E-state index contributed by atoms with van der Waals surface area (Å²) in [4.78, 5) is 27.1. The molecule has 1 amide bonds. The van der Waals surface area contributed by atoms with E-state index >= 15 is 0 Å². The van der Waals surface area contributed by atoms with Crippen LogP contribution in [0.15, 0.2) is 63.8 Å². The van der Waals surface area contributed by atoms with Gasteiger partial charge in [0.05, 0.1) is 12.0 Å². The second-order valence-electron chi connectivity index (χ2n) is 7.74. The van der Waals surface area contributed by atoms with Gasteiger partial charge < -0.3 is 18.7 Å². The molecule has 0 radical (unpaired) electrons. The summed E-state index contributed by atoms with van der Waals surface area (Å²) in [5.41, 5.74) is 4.02. The van der Waals surface area contributed by atoms with Crippen LogP contribution in [0.2, 0.25) is 0 Å². The van der Waals surface area contributed by atoms with Crippen LogP contribution < -0.4 is 0 Å². The Morgan fingerprint density at radius 3 is 2.88 bits per heavy atom. The minimum absolute atomic E-state index is 0.0949. The van der Waals surface area contributed by atoms with E-state index in [4.69, 9.17) is 8.83 Å². The van der Waals surface area contributed by atoms with E-state index in [0.29, 0.717) is 24.4 Å². The van der Waals surface area contributed by atoms with Gasteiger partial charge in [0.2, 0.25) is 0 Å². The Morgan fingerprint density at radius 1 is 1.12 bits per heavy atom. The lowest BCUT2D eigenvalue weighted by Crippen LogP contribution is -2.40. The molecule has 0 saturated carbocycles. The molecule has 9 heteroatoms. The highest BCUT2D eigenvalue weighted by atomic mass is 16.4. The number of aryl methyl sites for hydroxylation is 1. The summed E-state index contributed by atoms with van der Waals surface area (Å²) in [6, 6.07) is 12.9. The third-order valence-corrected chi connectivity index (χ3v) is 5.64. The number of hydrogen-bond donors (Lipinski definition) is 1. The van der Waals surface area contributed by atoms with Crippen molar-refractivity contribution in [3.63, 3.8) is 0 Å². The number of nitrogens with one attached hydrogen (secondary N) is 1. The zero-order chi connectivity index (χ0) is 21.7. The smallest absolute Gasteiger partial charge is 0.312 e. The summed E-state index contributed by atoms with van der Waals surface area (Å²) >= 11 is 0. The number of furan rings is 1. The fourth-order valence-electron chi connectivity index (χ4n) is 4.05. The van der Waals surface area contributed by atoms with Gasteiger partial charge in [-0.15, -0.1) is 10.2 Å². The SMILES string of the molecule is Cc1ccc(-c2nnc(C(=O)N3CCc4[nH]cnc4[C@H]3c3cc4ccccc4o3)o2)nc1. The number of H-pyrrole nitrogens is 1. The number of carbonyl (C=O) groups excluding carboxylic acids is 1. The number of carbonyl (C=O) groups is 1. The van der Waals surface area contributed by atoms with Gasteiger partial charge in [-0.05, 0) is 30.7 Å². The molecule has 1 aliphatic rings. The summed E-state index contributed by atoms with van der Waals surface area (Å²) in [6.45, 7) is 2.40. The van der Waals surface area contributed by atoms with Crippen LogP contribution in [0.3, 0.4) is 0 Å². The average Bonchev–Trinajstić information content (AvgIpc) is 3.57. The predicted octanol–water partition coefficient (Wildman–Crippen LogP) is 3.70. The molecular weight excluding hydrogens is 408 g/mol. The van der Waals surface area contributed by atoms with E-state index in [-0.39, 0.29) is 17.7 Å². The zero-order valence-corrected chi connectivity index (χ0v) is 17.1. The van der Waals surface area contributed by atoms with Crippen LogP contribution in [0.5, 0.6) is 0 Å². The Morgan fingerprint density at radius 2 is 2.03 bits per heavy atom. The number of imidazole rings is 1. The first-order chi connectivity index (χ1) is 15.7. The highest BCUT2D eigenvalue weighted by Crippen LogP contribution is 2.37. The third kappa shape index (κ3) is 2.97. The minimum atomic E-state index is -0.502. The first kappa shape index (κ1) is 18.5. The van der Waals surface area contributed by atoms with Gasteiger partial charge >= 0.3 is 11.8 Å². The van der Waals surface area contributed by atoms with Crippen molar-refractivity contribution >= 4 is 16.9 Å². The molecule has 0 fully saturated rings. The van der Waals surface area contributed by atoms with Gasteiger partial charge in [0.25, 0.3) is 5.89 Å². The number of aromatic nitrogens is 5. The number of amides is 1. The molecule has 4 aromatic heterocycles. The maximum Gasteiger partial charge on any atom is 0.312 e. The Balaban J connectivity index is 1.38. The van der Waals surface area contributed by atoms with Crippen molar-refractivity contribution in [3.8, 4) is 11.6 Å². The molecule has 1 atom stereocenters. The number of aromatic amines is 1. The number of para-hydroxylation sites is 1. The molecule has 1 N–H and O–H groups in total. The van der Waals surface area contributed by atoms with E-state index in [1.54, 1.807) is 23.5 Å². The first-order valence-corrected chi connectivity index (χ1v) is 10.3. The molecule has 5 aromatic rings. The van der Waals surface area contributed by atoms with Gasteiger partial charge in [0.1, 0.15) is 23.1 Å². The van der Waals surface area contributed by atoms with E-state index in [9.17, 15) is 4.79 Å². The number of fused-ring (bicyclic) bond motifs is 2. The van der Waals surface area contributed by atoms with Crippen molar-refractivity contribution in [1.82, 2.24) is 30.0 Å². The van der Waals surface area contributed by atoms with Crippen LogP contribution in [0.4, 0.5) is 0 Å². The maximum absolute atomic E-state index is 13.5. The quantitative estimate of drug-likeness (QED) is 0.468. The van der Waals surface area contributed by atoms with Crippen molar-refractivity contribution in [1.29, 1.82) is 0 Å². The summed E-state index contributed by atoms with van der Waals surface area (Å²) in [7, 11) is 0. The Kier molecular flexibility index (Phi) is 4.14. The number of rotatable bonds is 3. The van der Waals surface area contributed by atoms with Gasteiger partial charge in [-0.3, -0.25) is 9.78 Å².